The van der Waals surface area contributed by atoms with Crippen LogP contribution in [0.2, 0.25) is 0 Å². The molecular formula is C12H10O2. The highest BCUT2D eigenvalue weighted by Crippen LogP contribution is 2.21. The minimum atomic E-state index is 0.696. The molecule has 2 nitrogen and oxygen atoms in total. The first kappa shape index (κ1) is 8.75. The number of rotatable bonds is 2. The lowest BCUT2D eigenvalue weighted by Crippen LogP contribution is -1.84. The highest BCUT2D eigenvalue weighted by molar-refractivity contribution is 5.79. The Morgan fingerprint density at radius 2 is 2.07 bits per heavy atom. The van der Waals surface area contributed by atoms with Gasteiger partial charge in [0.25, 0.3) is 0 Å². The molecule has 0 aliphatic carbocycles. The van der Waals surface area contributed by atoms with Gasteiger partial charge in [-0.3, -0.25) is 4.79 Å². The lowest BCUT2D eigenvalue weighted by atomic mass is 10.0. The fraction of sp³-hybridized carbons (Fsp3) is 0.0833. The Kier molecular flexibility index (Phi) is 2.19. The molecule has 0 unspecified atom stereocenters. The number of hydrogen-bond donors (Lipinski definition) is 0. The van der Waals surface area contributed by atoms with Crippen LogP contribution in [0.1, 0.15) is 15.9 Å². The van der Waals surface area contributed by atoms with E-state index in [1.165, 1.54) is 0 Å². The minimum absolute atomic E-state index is 0.696. The van der Waals surface area contributed by atoms with E-state index in [1.54, 1.807) is 12.5 Å². The highest BCUT2D eigenvalue weighted by Gasteiger charge is 2.01. The molecule has 70 valence electrons. The third-order valence-electron chi connectivity index (χ3n) is 2.09. The van der Waals surface area contributed by atoms with Gasteiger partial charge in [0.15, 0.2) is 0 Å². The van der Waals surface area contributed by atoms with E-state index in [9.17, 15) is 4.79 Å². The lowest BCUT2D eigenvalue weighted by Gasteiger charge is -2.00. The molecule has 0 aliphatic rings. The second-order valence-corrected chi connectivity index (χ2v) is 3.26. The molecule has 14 heavy (non-hydrogen) atoms. The highest BCUT2D eigenvalue weighted by atomic mass is 16.3. The molecule has 0 atom stereocenters. The molecule has 0 saturated heterocycles. The third-order valence-corrected chi connectivity index (χ3v) is 2.09. The number of aldehydes is 1. The molecule has 0 amide bonds. The van der Waals surface area contributed by atoms with Gasteiger partial charge in [0, 0.05) is 11.1 Å². The van der Waals surface area contributed by atoms with Crippen LogP contribution >= 0.6 is 0 Å². The first-order valence-corrected chi connectivity index (χ1v) is 4.39. The van der Waals surface area contributed by atoms with E-state index in [2.05, 4.69) is 0 Å². The summed E-state index contributed by atoms with van der Waals surface area (Å²) in [5.74, 6) is 0. The Morgan fingerprint density at radius 1 is 1.21 bits per heavy atom. The Labute approximate surface area is 82.2 Å². The molecule has 0 aliphatic heterocycles. The average Bonchev–Trinajstić information content (AvgIpc) is 2.69. The maximum absolute atomic E-state index is 10.7. The van der Waals surface area contributed by atoms with E-state index in [0.717, 1.165) is 23.0 Å². The van der Waals surface area contributed by atoms with Gasteiger partial charge in [-0.1, -0.05) is 6.07 Å². The molecule has 0 saturated carbocycles. The van der Waals surface area contributed by atoms with Crippen LogP contribution in [0.25, 0.3) is 11.1 Å². The molecule has 2 aromatic rings. The largest absolute Gasteiger partial charge is 0.472 e. The van der Waals surface area contributed by atoms with Crippen LogP contribution in [0, 0.1) is 6.92 Å². The summed E-state index contributed by atoms with van der Waals surface area (Å²) in [5, 5.41) is 0. The van der Waals surface area contributed by atoms with Gasteiger partial charge in [-0.05, 0) is 36.2 Å². The zero-order valence-corrected chi connectivity index (χ0v) is 7.86. The fourth-order valence-corrected chi connectivity index (χ4v) is 1.48. The standard InChI is InChI=1S/C12H10O2/c1-9-4-10(7-13)6-12(5-9)11-2-3-14-8-11/h2-8H,1H3. The molecule has 0 radical (unpaired) electrons. The molecule has 1 heterocycles. The van der Waals surface area contributed by atoms with Crippen LogP contribution < -0.4 is 0 Å². The van der Waals surface area contributed by atoms with E-state index in [-0.39, 0.29) is 0 Å². The summed E-state index contributed by atoms with van der Waals surface area (Å²) in [7, 11) is 0. The SMILES string of the molecule is Cc1cc(C=O)cc(-c2ccoc2)c1. The van der Waals surface area contributed by atoms with Crippen molar-refractivity contribution in [3.8, 4) is 11.1 Å². The molecule has 1 aromatic heterocycles. The summed E-state index contributed by atoms with van der Waals surface area (Å²) in [6.45, 7) is 1.97. The van der Waals surface area contributed by atoms with Crippen molar-refractivity contribution in [3.63, 3.8) is 0 Å². The average molecular weight is 186 g/mol. The predicted octanol–water partition coefficient (Wildman–Crippen LogP) is 3.07. The van der Waals surface area contributed by atoms with Crippen molar-refractivity contribution in [3.05, 3.63) is 47.9 Å². The summed E-state index contributed by atoms with van der Waals surface area (Å²) in [6.07, 6.45) is 4.15. The Balaban J connectivity index is 2.54. The van der Waals surface area contributed by atoms with Gasteiger partial charge in [0.2, 0.25) is 0 Å². The molecule has 0 bridgehead atoms. The van der Waals surface area contributed by atoms with Crippen LogP contribution in [-0.4, -0.2) is 6.29 Å². The number of benzene rings is 1. The Hall–Kier alpha value is -1.83. The van der Waals surface area contributed by atoms with Crippen molar-refractivity contribution in [2.24, 2.45) is 0 Å². The van der Waals surface area contributed by atoms with E-state index in [0.29, 0.717) is 5.56 Å². The third kappa shape index (κ3) is 1.59. The summed E-state index contributed by atoms with van der Waals surface area (Å²) in [6, 6.07) is 7.61. The molecule has 1 aromatic carbocycles. The molecule has 0 N–H and O–H groups in total. The van der Waals surface area contributed by atoms with Crippen molar-refractivity contribution < 1.29 is 9.21 Å². The van der Waals surface area contributed by atoms with Gasteiger partial charge in [0.1, 0.15) is 6.29 Å². The quantitative estimate of drug-likeness (QED) is 0.674. The van der Waals surface area contributed by atoms with E-state index in [1.807, 2.05) is 31.2 Å². The van der Waals surface area contributed by atoms with Crippen molar-refractivity contribution in [2.75, 3.05) is 0 Å². The second kappa shape index (κ2) is 3.50. The first-order valence-electron chi connectivity index (χ1n) is 4.39. The van der Waals surface area contributed by atoms with Crippen molar-refractivity contribution in [1.82, 2.24) is 0 Å². The molecular weight excluding hydrogens is 176 g/mol. The van der Waals surface area contributed by atoms with E-state index >= 15 is 0 Å². The minimum Gasteiger partial charge on any atom is -0.472 e. The number of hydrogen-bond acceptors (Lipinski definition) is 2. The molecule has 0 spiro atoms. The van der Waals surface area contributed by atoms with Crippen LogP contribution in [0.4, 0.5) is 0 Å². The van der Waals surface area contributed by atoms with E-state index < -0.39 is 0 Å². The van der Waals surface area contributed by atoms with Crippen LogP contribution in [0.15, 0.2) is 41.2 Å². The van der Waals surface area contributed by atoms with Crippen molar-refractivity contribution in [1.29, 1.82) is 0 Å². The smallest absolute Gasteiger partial charge is 0.150 e. The number of carbonyl (C=O) groups excluding carboxylic acids is 1. The fourth-order valence-electron chi connectivity index (χ4n) is 1.48. The summed E-state index contributed by atoms with van der Waals surface area (Å²) >= 11 is 0. The summed E-state index contributed by atoms with van der Waals surface area (Å²) < 4.78 is 4.99. The first-order chi connectivity index (χ1) is 6.79. The van der Waals surface area contributed by atoms with Gasteiger partial charge in [0.05, 0.1) is 12.5 Å². The molecule has 0 fully saturated rings. The maximum Gasteiger partial charge on any atom is 0.150 e. The Morgan fingerprint density at radius 3 is 2.71 bits per heavy atom. The lowest BCUT2D eigenvalue weighted by molar-refractivity contribution is 0.112. The Bertz CT molecular complexity index is 441. The summed E-state index contributed by atoms with van der Waals surface area (Å²) in [4.78, 5) is 10.7. The predicted molar refractivity (Wildman–Crippen MR) is 54.3 cm³/mol. The maximum atomic E-state index is 10.7. The van der Waals surface area contributed by atoms with Gasteiger partial charge in [-0.2, -0.15) is 0 Å². The van der Waals surface area contributed by atoms with Crippen LogP contribution in [-0.2, 0) is 0 Å². The normalized spacial score (nSPS) is 10.1. The second-order valence-electron chi connectivity index (χ2n) is 3.26. The molecule has 2 rings (SSSR count). The number of aryl methyl sites for hydroxylation is 1. The summed E-state index contributed by atoms with van der Waals surface area (Å²) in [5.41, 5.74) is 3.78. The molecule has 2 heteroatoms. The van der Waals surface area contributed by atoms with Gasteiger partial charge < -0.3 is 4.42 Å². The van der Waals surface area contributed by atoms with Gasteiger partial charge >= 0.3 is 0 Å². The zero-order valence-electron chi connectivity index (χ0n) is 7.86. The van der Waals surface area contributed by atoms with Crippen LogP contribution in [0.3, 0.4) is 0 Å². The van der Waals surface area contributed by atoms with Crippen molar-refractivity contribution in [2.45, 2.75) is 6.92 Å². The monoisotopic (exact) mass is 186 g/mol. The number of furan rings is 1. The zero-order chi connectivity index (χ0) is 9.97. The van der Waals surface area contributed by atoms with Crippen molar-refractivity contribution >= 4 is 6.29 Å². The van der Waals surface area contributed by atoms with Gasteiger partial charge in [-0.25, -0.2) is 0 Å². The van der Waals surface area contributed by atoms with E-state index in [4.69, 9.17) is 4.42 Å². The van der Waals surface area contributed by atoms with Gasteiger partial charge in [-0.15, -0.1) is 0 Å². The number of carbonyl (C=O) groups is 1. The van der Waals surface area contributed by atoms with Crippen LogP contribution in [0.5, 0.6) is 0 Å². The topological polar surface area (TPSA) is 30.2 Å².